The van der Waals surface area contributed by atoms with Crippen LogP contribution >= 0.6 is 0 Å². The van der Waals surface area contributed by atoms with Gasteiger partial charge in [-0.25, -0.2) is 4.98 Å². The standard InChI is InChI=1S/C17H20N4/c1-3-10-21-16-8-9-18-11-15(16)20-17(21)12-19-14-6-4-13(2)5-7-14/h4-9,11,19H,3,10,12H2,1-2H3. The number of aryl methyl sites for hydroxylation is 2. The number of nitrogens with one attached hydrogen (secondary N) is 1. The van der Waals surface area contributed by atoms with Crippen molar-refractivity contribution in [3.05, 3.63) is 54.1 Å². The van der Waals surface area contributed by atoms with Crippen molar-refractivity contribution in [1.82, 2.24) is 14.5 Å². The molecule has 1 N–H and O–H groups in total. The third kappa shape index (κ3) is 2.89. The molecule has 1 aromatic carbocycles. The highest BCUT2D eigenvalue weighted by molar-refractivity contribution is 5.74. The predicted molar refractivity (Wildman–Crippen MR) is 86.3 cm³/mol. The Morgan fingerprint density at radius 1 is 1.14 bits per heavy atom. The molecule has 2 aromatic heterocycles. The second-order valence-corrected chi connectivity index (χ2v) is 5.26. The highest BCUT2D eigenvalue weighted by Gasteiger charge is 2.09. The molecule has 0 aliphatic heterocycles. The van der Waals surface area contributed by atoms with Gasteiger partial charge in [-0.05, 0) is 31.5 Å². The van der Waals surface area contributed by atoms with Gasteiger partial charge in [-0.3, -0.25) is 4.98 Å². The lowest BCUT2D eigenvalue weighted by Gasteiger charge is -2.10. The zero-order valence-electron chi connectivity index (χ0n) is 12.5. The minimum atomic E-state index is 0.720. The van der Waals surface area contributed by atoms with E-state index >= 15 is 0 Å². The van der Waals surface area contributed by atoms with Crippen molar-refractivity contribution in [2.75, 3.05) is 5.32 Å². The summed E-state index contributed by atoms with van der Waals surface area (Å²) in [5.74, 6) is 1.06. The number of nitrogens with zero attached hydrogens (tertiary/aromatic N) is 3. The molecular formula is C17H20N4. The number of hydrogen-bond donors (Lipinski definition) is 1. The van der Waals surface area contributed by atoms with Crippen LogP contribution in [0.25, 0.3) is 11.0 Å². The second kappa shape index (κ2) is 5.95. The highest BCUT2D eigenvalue weighted by Crippen LogP contribution is 2.17. The van der Waals surface area contributed by atoms with Gasteiger partial charge in [0.15, 0.2) is 0 Å². The Kier molecular flexibility index (Phi) is 3.86. The van der Waals surface area contributed by atoms with Crippen molar-refractivity contribution >= 4 is 16.7 Å². The summed E-state index contributed by atoms with van der Waals surface area (Å²) in [5, 5.41) is 3.44. The Morgan fingerprint density at radius 3 is 2.71 bits per heavy atom. The predicted octanol–water partition coefficient (Wildman–Crippen LogP) is 3.76. The van der Waals surface area contributed by atoms with Crippen LogP contribution < -0.4 is 5.32 Å². The molecule has 0 aliphatic carbocycles. The monoisotopic (exact) mass is 280 g/mol. The van der Waals surface area contributed by atoms with Crippen LogP contribution in [0.4, 0.5) is 5.69 Å². The van der Waals surface area contributed by atoms with Gasteiger partial charge in [-0.2, -0.15) is 0 Å². The van der Waals surface area contributed by atoms with Crippen molar-refractivity contribution in [3.8, 4) is 0 Å². The van der Waals surface area contributed by atoms with Gasteiger partial charge in [0.1, 0.15) is 11.3 Å². The van der Waals surface area contributed by atoms with Gasteiger partial charge in [0.2, 0.25) is 0 Å². The fourth-order valence-electron chi connectivity index (χ4n) is 2.49. The lowest BCUT2D eigenvalue weighted by atomic mass is 10.2. The molecule has 0 saturated heterocycles. The van der Waals surface area contributed by atoms with Crippen molar-refractivity contribution in [1.29, 1.82) is 0 Å². The van der Waals surface area contributed by atoms with E-state index in [1.807, 2.05) is 18.5 Å². The summed E-state index contributed by atoms with van der Waals surface area (Å²) >= 11 is 0. The van der Waals surface area contributed by atoms with Crippen LogP contribution in [0, 0.1) is 6.92 Å². The van der Waals surface area contributed by atoms with E-state index < -0.39 is 0 Å². The smallest absolute Gasteiger partial charge is 0.129 e. The molecule has 0 atom stereocenters. The second-order valence-electron chi connectivity index (χ2n) is 5.26. The van der Waals surface area contributed by atoms with E-state index in [2.05, 4.69) is 53.0 Å². The van der Waals surface area contributed by atoms with Gasteiger partial charge >= 0.3 is 0 Å². The number of fused-ring (bicyclic) bond motifs is 1. The Balaban J connectivity index is 1.85. The number of aromatic nitrogens is 3. The maximum Gasteiger partial charge on any atom is 0.129 e. The first-order chi connectivity index (χ1) is 10.3. The summed E-state index contributed by atoms with van der Waals surface area (Å²) < 4.78 is 2.28. The largest absolute Gasteiger partial charge is 0.378 e. The molecule has 0 saturated carbocycles. The molecule has 4 nitrogen and oxygen atoms in total. The molecular weight excluding hydrogens is 260 g/mol. The lowest BCUT2D eigenvalue weighted by Crippen LogP contribution is -2.08. The van der Waals surface area contributed by atoms with Gasteiger partial charge in [0, 0.05) is 18.4 Å². The minimum Gasteiger partial charge on any atom is -0.378 e. The van der Waals surface area contributed by atoms with Crippen LogP contribution in [-0.4, -0.2) is 14.5 Å². The third-order valence-corrected chi connectivity index (χ3v) is 3.58. The van der Waals surface area contributed by atoms with Gasteiger partial charge in [-0.15, -0.1) is 0 Å². The molecule has 0 fully saturated rings. The zero-order valence-corrected chi connectivity index (χ0v) is 12.5. The van der Waals surface area contributed by atoms with Gasteiger partial charge in [0.25, 0.3) is 0 Å². The average molecular weight is 280 g/mol. The maximum absolute atomic E-state index is 4.70. The fourth-order valence-corrected chi connectivity index (χ4v) is 2.49. The maximum atomic E-state index is 4.70. The van der Waals surface area contributed by atoms with Crippen LogP contribution in [0.1, 0.15) is 24.7 Å². The van der Waals surface area contributed by atoms with Crippen molar-refractivity contribution in [2.24, 2.45) is 0 Å². The van der Waals surface area contributed by atoms with Crippen molar-refractivity contribution in [2.45, 2.75) is 33.4 Å². The van der Waals surface area contributed by atoms with Crippen LogP contribution in [0.5, 0.6) is 0 Å². The summed E-state index contributed by atoms with van der Waals surface area (Å²) in [6.45, 7) is 5.98. The number of benzene rings is 1. The van der Waals surface area contributed by atoms with Crippen LogP contribution in [-0.2, 0) is 13.1 Å². The van der Waals surface area contributed by atoms with E-state index in [4.69, 9.17) is 4.98 Å². The first-order valence-electron chi connectivity index (χ1n) is 7.37. The quantitative estimate of drug-likeness (QED) is 0.773. The zero-order chi connectivity index (χ0) is 14.7. The van der Waals surface area contributed by atoms with E-state index in [1.54, 1.807) is 0 Å². The van der Waals surface area contributed by atoms with Gasteiger partial charge < -0.3 is 9.88 Å². The van der Waals surface area contributed by atoms with E-state index in [1.165, 1.54) is 5.56 Å². The van der Waals surface area contributed by atoms with Gasteiger partial charge in [-0.1, -0.05) is 24.6 Å². The van der Waals surface area contributed by atoms with Crippen LogP contribution in [0.2, 0.25) is 0 Å². The molecule has 0 spiro atoms. The molecule has 4 heteroatoms. The van der Waals surface area contributed by atoms with Crippen LogP contribution in [0.3, 0.4) is 0 Å². The van der Waals surface area contributed by atoms with Gasteiger partial charge in [0.05, 0.1) is 18.3 Å². The number of imidazole rings is 1. The van der Waals surface area contributed by atoms with Crippen molar-refractivity contribution in [3.63, 3.8) is 0 Å². The summed E-state index contributed by atoms with van der Waals surface area (Å²) in [6, 6.07) is 10.5. The van der Waals surface area contributed by atoms with E-state index in [-0.39, 0.29) is 0 Å². The number of hydrogen-bond acceptors (Lipinski definition) is 3. The third-order valence-electron chi connectivity index (χ3n) is 3.58. The molecule has 3 aromatic rings. The summed E-state index contributed by atoms with van der Waals surface area (Å²) in [7, 11) is 0. The summed E-state index contributed by atoms with van der Waals surface area (Å²) in [4.78, 5) is 8.86. The van der Waals surface area contributed by atoms with Crippen molar-refractivity contribution < 1.29 is 0 Å². The Morgan fingerprint density at radius 2 is 1.95 bits per heavy atom. The molecule has 0 unspecified atom stereocenters. The number of pyridine rings is 1. The molecule has 0 aliphatic rings. The number of anilines is 1. The summed E-state index contributed by atoms with van der Waals surface area (Å²) in [6.07, 6.45) is 4.75. The molecule has 0 radical (unpaired) electrons. The molecule has 0 bridgehead atoms. The highest BCUT2D eigenvalue weighted by atomic mass is 15.1. The molecule has 2 heterocycles. The molecule has 0 amide bonds. The lowest BCUT2D eigenvalue weighted by molar-refractivity contribution is 0.661. The Bertz CT molecular complexity index is 728. The molecule has 108 valence electrons. The van der Waals surface area contributed by atoms with Crippen LogP contribution in [0.15, 0.2) is 42.7 Å². The Labute approximate surface area is 124 Å². The normalized spacial score (nSPS) is 11.0. The minimum absolute atomic E-state index is 0.720. The fraction of sp³-hybridized carbons (Fsp3) is 0.294. The number of rotatable bonds is 5. The summed E-state index contributed by atoms with van der Waals surface area (Å²) in [5.41, 5.74) is 4.51. The average Bonchev–Trinajstić information content (AvgIpc) is 2.85. The molecule has 3 rings (SSSR count). The first kappa shape index (κ1) is 13.6. The first-order valence-corrected chi connectivity index (χ1v) is 7.37. The van der Waals surface area contributed by atoms with E-state index in [0.29, 0.717) is 0 Å². The molecule has 21 heavy (non-hydrogen) atoms. The van der Waals surface area contributed by atoms with E-state index in [9.17, 15) is 0 Å². The van der Waals surface area contributed by atoms with E-state index in [0.717, 1.165) is 42.1 Å². The Hall–Kier alpha value is -2.36. The topological polar surface area (TPSA) is 42.7 Å². The SMILES string of the molecule is CCCn1c(CNc2ccc(C)cc2)nc2cnccc21.